The molecule has 1 aromatic heterocycles. The van der Waals surface area contributed by atoms with Crippen molar-refractivity contribution in [2.75, 3.05) is 45.8 Å². The number of rotatable bonds is 6. The maximum Gasteiger partial charge on any atom is 0.243 e. The zero-order valence-corrected chi connectivity index (χ0v) is 17.6. The number of hydrogen-bond donors (Lipinski definition) is 1. The molecule has 1 N–H and O–H groups in total. The Bertz CT molecular complexity index is 1140. The van der Waals surface area contributed by atoms with Gasteiger partial charge in [-0.25, -0.2) is 8.42 Å². The minimum absolute atomic E-state index is 0.265. The van der Waals surface area contributed by atoms with E-state index in [-0.39, 0.29) is 4.90 Å². The predicted molar refractivity (Wildman–Crippen MR) is 114 cm³/mol. The van der Waals surface area contributed by atoms with Crippen molar-refractivity contribution in [2.45, 2.75) is 4.90 Å². The van der Waals surface area contributed by atoms with Gasteiger partial charge in [-0.2, -0.15) is 4.31 Å². The van der Waals surface area contributed by atoms with Crippen molar-refractivity contribution >= 4 is 32.3 Å². The van der Waals surface area contributed by atoms with Crippen LogP contribution in [-0.2, 0) is 14.8 Å². The molecule has 9 heteroatoms. The number of ether oxygens (including phenoxy) is 3. The van der Waals surface area contributed by atoms with E-state index in [0.29, 0.717) is 37.8 Å². The van der Waals surface area contributed by atoms with Gasteiger partial charge in [0.2, 0.25) is 10.0 Å². The van der Waals surface area contributed by atoms with Crippen LogP contribution in [0.25, 0.3) is 10.9 Å². The number of anilines is 2. The molecule has 0 unspecified atom stereocenters. The Hall–Kier alpha value is -2.88. The van der Waals surface area contributed by atoms with Crippen molar-refractivity contribution in [1.29, 1.82) is 0 Å². The number of pyridine rings is 1. The monoisotopic (exact) mass is 429 g/mol. The van der Waals surface area contributed by atoms with Gasteiger partial charge in [-0.05, 0) is 36.4 Å². The Morgan fingerprint density at radius 3 is 2.33 bits per heavy atom. The number of hydrogen-bond acceptors (Lipinski definition) is 7. The van der Waals surface area contributed by atoms with Crippen LogP contribution in [0, 0.1) is 0 Å². The third-order valence-electron chi connectivity index (χ3n) is 4.99. The van der Waals surface area contributed by atoms with Crippen molar-refractivity contribution in [3.05, 3.63) is 48.7 Å². The minimum Gasteiger partial charge on any atom is -0.493 e. The topological polar surface area (TPSA) is 90.0 Å². The molecule has 0 amide bonds. The molecule has 4 rings (SSSR count). The number of sulfonamides is 1. The van der Waals surface area contributed by atoms with Gasteiger partial charge < -0.3 is 19.5 Å². The highest BCUT2D eigenvalue weighted by molar-refractivity contribution is 7.89. The summed E-state index contributed by atoms with van der Waals surface area (Å²) >= 11 is 0. The number of aromatic nitrogens is 1. The zero-order valence-electron chi connectivity index (χ0n) is 16.8. The summed E-state index contributed by atoms with van der Waals surface area (Å²) in [5, 5.41) is 4.19. The summed E-state index contributed by atoms with van der Waals surface area (Å²) in [6.45, 7) is 1.58. The van der Waals surface area contributed by atoms with E-state index in [1.807, 2.05) is 18.2 Å². The smallest absolute Gasteiger partial charge is 0.243 e. The second kappa shape index (κ2) is 8.47. The molecule has 0 saturated carbocycles. The second-order valence-electron chi connectivity index (χ2n) is 6.75. The summed E-state index contributed by atoms with van der Waals surface area (Å²) in [5.41, 5.74) is 2.34. The molecule has 0 spiro atoms. The van der Waals surface area contributed by atoms with Crippen LogP contribution in [0.2, 0.25) is 0 Å². The van der Waals surface area contributed by atoms with Gasteiger partial charge in [0.1, 0.15) is 0 Å². The van der Waals surface area contributed by atoms with Crippen LogP contribution < -0.4 is 14.8 Å². The number of nitrogens with zero attached hydrogens (tertiary/aromatic N) is 2. The Kier molecular flexibility index (Phi) is 5.76. The highest BCUT2D eigenvalue weighted by Gasteiger charge is 2.26. The van der Waals surface area contributed by atoms with E-state index in [1.54, 1.807) is 44.7 Å². The average Bonchev–Trinajstić information content (AvgIpc) is 2.79. The van der Waals surface area contributed by atoms with E-state index in [4.69, 9.17) is 14.2 Å². The average molecular weight is 429 g/mol. The molecule has 0 atom stereocenters. The highest BCUT2D eigenvalue weighted by Crippen LogP contribution is 2.35. The van der Waals surface area contributed by atoms with Gasteiger partial charge in [-0.1, -0.05) is 0 Å². The minimum atomic E-state index is -3.52. The normalized spacial score (nSPS) is 15.1. The lowest BCUT2D eigenvalue weighted by atomic mass is 10.1. The number of nitrogens with one attached hydrogen (secondary N) is 1. The van der Waals surface area contributed by atoms with Crippen molar-refractivity contribution < 1.29 is 22.6 Å². The van der Waals surface area contributed by atoms with Crippen LogP contribution in [0.1, 0.15) is 0 Å². The fourth-order valence-electron chi connectivity index (χ4n) is 3.38. The van der Waals surface area contributed by atoms with Crippen LogP contribution in [0.15, 0.2) is 53.6 Å². The van der Waals surface area contributed by atoms with Crippen molar-refractivity contribution in [3.63, 3.8) is 0 Å². The molecule has 2 aromatic carbocycles. The Labute approximate surface area is 175 Å². The molecule has 2 heterocycles. The van der Waals surface area contributed by atoms with E-state index >= 15 is 0 Å². The standard InChI is InChI=1S/C21H23N3O5S/c1-27-20-13-17-18(7-8-22-19(17)14-21(20)28-2)23-15-3-5-16(6-4-15)30(25,26)24-9-11-29-12-10-24/h3-8,13-14H,9-12H2,1-2H3,(H,22,23). The second-order valence-corrected chi connectivity index (χ2v) is 8.69. The Morgan fingerprint density at radius 2 is 1.67 bits per heavy atom. The van der Waals surface area contributed by atoms with Gasteiger partial charge in [0.15, 0.2) is 11.5 Å². The molecule has 1 saturated heterocycles. The lowest BCUT2D eigenvalue weighted by molar-refractivity contribution is 0.0730. The first kappa shape index (κ1) is 20.4. The van der Waals surface area contributed by atoms with Crippen LogP contribution in [0.5, 0.6) is 11.5 Å². The molecule has 1 aliphatic heterocycles. The highest BCUT2D eigenvalue weighted by atomic mass is 32.2. The van der Waals surface area contributed by atoms with Gasteiger partial charge in [0.05, 0.1) is 37.8 Å². The van der Waals surface area contributed by atoms with E-state index in [2.05, 4.69) is 10.3 Å². The van der Waals surface area contributed by atoms with Crippen molar-refractivity contribution in [3.8, 4) is 11.5 Å². The summed E-state index contributed by atoms with van der Waals surface area (Å²) in [7, 11) is -0.352. The number of morpholine rings is 1. The summed E-state index contributed by atoms with van der Waals surface area (Å²) in [6.07, 6.45) is 1.70. The first-order chi connectivity index (χ1) is 14.5. The SMILES string of the molecule is COc1cc2nccc(Nc3ccc(S(=O)(=O)N4CCOCC4)cc3)c2cc1OC. The summed E-state index contributed by atoms with van der Waals surface area (Å²) < 4.78 is 43.0. The summed E-state index contributed by atoms with van der Waals surface area (Å²) in [4.78, 5) is 4.66. The van der Waals surface area contributed by atoms with Crippen LogP contribution in [-0.4, -0.2) is 58.2 Å². The van der Waals surface area contributed by atoms with E-state index in [9.17, 15) is 8.42 Å². The largest absolute Gasteiger partial charge is 0.493 e. The van der Waals surface area contributed by atoms with Crippen LogP contribution >= 0.6 is 0 Å². The number of methoxy groups -OCH3 is 2. The fourth-order valence-corrected chi connectivity index (χ4v) is 4.79. The summed E-state index contributed by atoms with van der Waals surface area (Å²) in [6, 6.07) is 12.3. The third-order valence-corrected chi connectivity index (χ3v) is 6.90. The van der Waals surface area contributed by atoms with Crippen molar-refractivity contribution in [2.24, 2.45) is 0 Å². The fraction of sp³-hybridized carbons (Fsp3) is 0.286. The maximum absolute atomic E-state index is 12.8. The van der Waals surface area contributed by atoms with Gasteiger partial charge in [0, 0.05) is 42.1 Å². The molecule has 8 nitrogen and oxygen atoms in total. The predicted octanol–water partition coefficient (Wildman–Crippen LogP) is 3.02. The first-order valence-electron chi connectivity index (χ1n) is 9.48. The lowest BCUT2D eigenvalue weighted by Crippen LogP contribution is -2.40. The van der Waals surface area contributed by atoms with E-state index in [1.165, 1.54) is 4.31 Å². The maximum atomic E-state index is 12.8. The first-order valence-corrected chi connectivity index (χ1v) is 10.9. The number of benzene rings is 2. The van der Waals surface area contributed by atoms with Gasteiger partial charge in [-0.15, -0.1) is 0 Å². The molecule has 1 fully saturated rings. The quantitative estimate of drug-likeness (QED) is 0.644. The number of fused-ring (bicyclic) bond motifs is 1. The van der Waals surface area contributed by atoms with Gasteiger partial charge in [-0.3, -0.25) is 4.98 Å². The molecule has 0 aliphatic carbocycles. The third kappa shape index (κ3) is 3.91. The lowest BCUT2D eigenvalue weighted by Gasteiger charge is -2.26. The molecular weight excluding hydrogens is 406 g/mol. The molecule has 0 bridgehead atoms. The molecule has 1 aliphatic rings. The molecule has 3 aromatic rings. The Morgan fingerprint density at radius 1 is 1.00 bits per heavy atom. The molecular formula is C21H23N3O5S. The molecule has 158 valence electrons. The van der Waals surface area contributed by atoms with Crippen LogP contribution in [0.3, 0.4) is 0 Å². The van der Waals surface area contributed by atoms with Crippen LogP contribution in [0.4, 0.5) is 11.4 Å². The Balaban J connectivity index is 1.61. The van der Waals surface area contributed by atoms with Crippen molar-refractivity contribution in [1.82, 2.24) is 9.29 Å². The van der Waals surface area contributed by atoms with E-state index in [0.717, 1.165) is 22.3 Å². The summed E-state index contributed by atoms with van der Waals surface area (Å²) in [5.74, 6) is 1.21. The van der Waals surface area contributed by atoms with Gasteiger partial charge >= 0.3 is 0 Å². The van der Waals surface area contributed by atoms with Gasteiger partial charge in [0.25, 0.3) is 0 Å². The molecule has 0 radical (unpaired) electrons. The zero-order chi connectivity index (χ0) is 21.1. The van der Waals surface area contributed by atoms with E-state index < -0.39 is 10.0 Å². The molecule has 30 heavy (non-hydrogen) atoms.